The van der Waals surface area contributed by atoms with Crippen LogP contribution in [0.4, 0.5) is 0 Å². The maximum atomic E-state index is 12.0. The highest BCUT2D eigenvalue weighted by Crippen LogP contribution is 2.17. The van der Waals surface area contributed by atoms with Crippen LogP contribution in [-0.2, 0) is 0 Å². The van der Waals surface area contributed by atoms with Gasteiger partial charge in [0.15, 0.2) is 0 Å². The van der Waals surface area contributed by atoms with Gasteiger partial charge in [0.2, 0.25) is 0 Å². The third-order valence-corrected chi connectivity index (χ3v) is 4.24. The average Bonchev–Trinajstić information content (AvgIpc) is 2.40. The van der Waals surface area contributed by atoms with E-state index in [4.69, 9.17) is 0 Å². The Balaban J connectivity index is 1.88. The van der Waals surface area contributed by atoms with E-state index in [2.05, 4.69) is 26.6 Å². The lowest BCUT2D eigenvalue weighted by Crippen LogP contribution is -2.38. The van der Waals surface area contributed by atoms with Crippen molar-refractivity contribution < 1.29 is 4.79 Å². The molecule has 18 heavy (non-hydrogen) atoms. The molecule has 3 nitrogen and oxygen atoms in total. The number of halogens is 1. The van der Waals surface area contributed by atoms with E-state index in [-0.39, 0.29) is 5.91 Å². The van der Waals surface area contributed by atoms with Gasteiger partial charge in [0.25, 0.3) is 5.91 Å². The highest BCUT2D eigenvalue weighted by atomic mass is 79.9. The van der Waals surface area contributed by atoms with Gasteiger partial charge in [-0.2, -0.15) is 0 Å². The maximum absolute atomic E-state index is 12.0. The van der Waals surface area contributed by atoms with Crippen molar-refractivity contribution in [2.45, 2.75) is 19.8 Å². The first kappa shape index (κ1) is 13.6. The van der Waals surface area contributed by atoms with Crippen molar-refractivity contribution in [3.8, 4) is 0 Å². The van der Waals surface area contributed by atoms with Crippen molar-refractivity contribution in [2.24, 2.45) is 5.92 Å². The first-order chi connectivity index (χ1) is 8.66. The van der Waals surface area contributed by atoms with Crippen LogP contribution in [-0.4, -0.2) is 25.5 Å². The van der Waals surface area contributed by atoms with Crippen molar-refractivity contribution in [3.63, 3.8) is 0 Å². The molecule has 0 aliphatic carbocycles. The van der Waals surface area contributed by atoms with Crippen LogP contribution >= 0.6 is 15.9 Å². The van der Waals surface area contributed by atoms with Crippen molar-refractivity contribution in [1.82, 2.24) is 10.6 Å². The van der Waals surface area contributed by atoms with Crippen LogP contribution in [0.3, 0.4) is 0 Å². The lowest BCUT2D eigenvalue weighted by molar-refractivity contribution is 0.0945. The number of carbonyl (C=O) groups is 1. The molecule has 1 aromatic carbocycles. The van der Waals surface area contributed by atoms with E-state index >= 15 is 0 Å². The number of amides is 1. The SMILES string of the molecule is Cc1ccc(C(=O)NCC2CCCNC2)cc1Br. The van der Waals surface area contributed by atoms with Crippen LogP contribution in [0, 0.1) is 12.8 Å². The number of rotatable bonds is 3. The minimum atomic E-state index is 0.0151. The van der Waals surface area contributed by atoms with Gasteiger partial charge in [0.1, 0.15) is 0 Å². The lowest BCUT2D eigenvalue weighted by atomic mass is 9.99. The minimum absolute atomic E-state index is 0.0151. The van der Waals surface area contributed by atoms with E-state index in [9.17, 15) is 4.79 Å². The molecule has 1 aliphatic rings. The average molecular weight is 311 g/mol. The van der Waals surface area contributed by atoms with Crippen LogP contribution in [0.25, 0.3) is 0 Å². The summed E-state index contributed by atoms with van der Waals surface area (Å²) < 4.78 is 0.981. The molecule has 1 saturated heterocycles. The van der Waals surface area contributed by atoms with Gasteiger partial charge in [0.05, 0.1) is 0 Å². The van der Waals surface area contributed by atoms with Crippen LogP contribution in [0.15, 0.2) is 22.7 Å². The fourth-order valence-electron chi connectivity index (χ4n) is 2.17. The summed E-state index contributed by atoms with van der Waals surface area (Å²) in [7, 11) is 0. The first-order valence-electron chi connectivity index (χ1n) is 6.42. The quantitative estimate of drug-likeness (QED) is 0.900. The predicted molar refractivity (Wildman–Crippen MR) is 76.8 cm³/mol. The number of hydrogen-bond acceptors (Lipinski definition) is 2. The zero-order valence-electron chi connectivity index (χ0n) is 10.6. The molecule has 4 heteroatoms. The van der Waals surface area contributed by atoms with Crippen LogP contribution in [0.1, 0.15) is 28.8 Å². The van der Waals surface area contributed by atoms with Crippen LogP contribution < -0.4 is 10.6 Å². The van der Waals surface area contributed by atoms with Crippen molar-refractivity contribution >= 4 is 21.8 Å². The van der Waals surface area contributed by atoms with Gasteiger partial charge in [-0.25, -0.2) is 0 Å². The molecule has 1 atom stereocenters. The molecule has 1 aromatic rings. The van der Waals surface area contributed by atoms with E-state index in [0.29, 0.717) is 5.92 Å². The number of benzene rings is 1. The summed E-state index contributed by atoms with van der Waals surface area (Å²) in [6.07, 6.45) is 2.40. The summed E-state index contributed by atoms with van der Waals surface area (Å²) >= 11 is 3.45. The summed E-state index contributed by atoms with van der Waals surface area (Å²) in [5.41, 5.74) is 1.86. The lowest BCUT2D eigenvalue weighted by Gasteiger charge is -2.22. The molecule has 2 N–H and O–H groups in total. The predicted octanol–water partition coefficient (Wildman–Crippen LogP) is 2.49. The largest absolute Gasteiger partial charge is 0.352 e. The summed E-state index contributed by atoms with van der Waals surface area (Å²) in [6.45, 7) is 4.89. The smallest absolute Gasteiger partial charge is 0.251 e. The summed E-state index contributed by atoms with van der Waals surface area (Å²) in [5.74, 6) is 0.581. The Morgan fingerprint density at radius 1 is 1.56 bits per heavy atom. The zero-order valence-corrected chi connectivity index (χ0v) is 12.2. The molecule has 0 aromatic heterocycles. The van der Waals surface area contributed by atoms with E-state index in [0.717, 1.165) is 35.2 Å². The fraction of sp³-hybridized carbons (Fsp3) is 0.500. The number of carbonyl (C=O) groups excluding carboxylic acids is 1. The molecule has 1 unspecified atom stereocenters. The molecule has 0 spiro atoms. The van der Waals surface area contributed by atoms with Crippen molar-refractivity contribution in [3.05, 3.63) is 33.8 Å². The Morgan fingerprint density at radius 2 is 2.39 bits per heavy atom. The number of hydrogen-bond donors (Lipinski definition) is 2. The summed E-state index contributed by atoms with van der Waals surface area (Å²) in [6, 6.07) is 5.71. The second-order valence-corrected chi connectivity index (χ2v) is 5.74. The molecule has 1 heterocycles. The van der Waals surface area contributed by atoms with Gasteiger partial charge in [-0.15, -0.1) is 0 Å². The molecule has 1 aliphatic heterocycles. The zero-order chi connectivity index (χ0) is 13.0. The van der Waals surface area contributed by atoms with Gasteiger partial charge < -0.3 is 10.6 Å². The third-order valence-electron chi connectivity index (χ3n) is 3.38. The fourth-order valence-corrected chi connectivity index (χ4v) is 2.55. The van der Waals surface area contributed by atoms with Crippen molar-refractivity contribution in [1.29, 1.82) is 0 Å². The van der Waals surface area contributed by atoms with Crippen LogP contribution in [0.5, 0.6) is 0 Å². The van der Waals surface area contributed by atoms with Gasteiger partial charge >= 0.3 is 0 Å². The second-order valence-electron chi connectivity index (χ2n) is 4.89. The molecule has 0 saturated carbocycles. The highest BCUT2D eigenvalue weighted by molar-refractivity contribution is 9.10. The second kappa shape index (κ2) is 6.34. The topological polar surface area (TPSA) is 41.1 Å². The Morgan fingerprint density at radius 3 is 3.06 bits per heavy atom. The Labute approximate surface area is 116 Å². The van der Waals surface area contributed by atoms with Gasteiger partial charge in [0, 0.05) is 16.6 Å². The normalized spacial score (nSPS) is 19.6. The minimum Gasteiger partial charge on any atom is -0.352 e. The Hall–Kier alpha value is -0.870. The maximum Gasteiger partial charge on any atom is 0.251 e. The molecular formula is C14H19BrN2O. The van der Waals surface area contributed by atoms with Gasteiger partial charge in [-0.05, 0) is 56.5 Å². The number of nitrogens with one attached hydrogen (secondary N) is 2. The van der Waals surface area contributed by atoms with Gasteiger partial charge in [-0.3, -0.25) is 4.79 Å². The Bertz CT molecular complexity index is 428. The molecule has 0 radical (unpaired) electrons. The Kier molecular flexibility index (Phi) is 4.78. The number of piperidine rings is 1. The van der Waals surface area contributed by atoms with E-state index < -0.39 is 0 Å². The summed E-state index contributed by atoms with van der Waals surface area (Å²) in [5, 5.41) is 6.37. The van der Waals surface area contributed by atoms with E-state index in [1.165, 1.54) is 12.8 Å². The monoisotopic (exact) mass is 310 g/mol. The van der Waals surface area contributed by atoms with E-state index in [1.807, 2.05) is 25.1 Å². The summed E-state index contributed by atoms with van der Waals surface area (Å²) in [4.78, 5) is 12.0. The molecule has 2 rings (SSSR count). The molecule has 1 fully saturated rings. The molecule has 1 amide bonds. The van der Waals surface area contributed by atoms with E-state index in [1.54, 1.807) is 0 Å². The number of aryl methyl sites for hydroxylation is 1. The highest BCUT2D eigenvalue weighted by Gasteiger charge is 2.14. The van der Waals surface area contributed by atoms with Crippen molar-refractivity contribution in [2.75, 3.05) is 19.6 Å². The first-order valence-corrected chi connectivity index (χ1v) is 7.21. The van der Waals surface area contributed by atoms with Gasteiger partial charge in [-0.1, -0.05) is 22.0 Å². The molecular weight excluding hydrogens is 292 g/mol. The third kappa shape index (κ3) is 3.56. The molecule has 0 bridgehead atoms. The molecule has 98 valence electrons. The van der Waals surface area contributed by atoms with Crippen LogP contribution in [0.2, 0.25) is 0 Å². The standard InChI is InChI=1S/C14H19BrN2O/c1-10-4-5-12(7-13(10)15)14(18)17-9-11-3-2-6-16-8-11/h4-5,7,11,16H,2-3,6,8-9H2,1H3,(H,17,18).